The Morgan fingerprint density at radius 1 is 1.06 bits per heavy atom. The molecule has 33 heavy (non-hydrogen) atoms. The first-order chi connectivity index (χ1) is 16.0. The van der Waals surface area contributed by atoms with Gasteiger partial charge in [0.2, 0.25) is 17.4 Å². The molecule has 3 N–H and O–H groups in total. The fraction of sp³-hybridized carbons (Fsp3) is 0.304. The fourth-order valence-electron chi connectivity index (χ4n) is 3.45. The highest BCUT2D eigenvalue weighted by Gasteiger charge is 2.27. The third-order valence-electron chi connectivity index (χ3n) is 5.02. The number of nitrogens with one attached hydrogen (secondary N) is 1. The van der Waals surface area contributed by atoms with Gasteiger partial charge in [0.25, 0.3) is 0 Å². The first kappa shape index (κ1) is 23.7. The normalized spacial score (nSPS) is 13.8. The molecule has 0 aromatic heterocycles. The maximum atomic E-state index is 11.3. The van der Waals surface area contributed by atoms with Crippen molar-refractivity contribution in [3.8, 4) is 34.5 Å². The van der Waals surface area contributed by atoms with Crippen LogP contribution in [0.25, 0.3) is 5.57 Å². The van der Waals surface area contributed by atoms with Gasteiger partial charge < -0.3 is 28.8 Å². The molecule has 0 saturated heterocycles. The molecule has 1 aliphatic rings. The number of fused-ring (bicyclic) bond motifs is 1. The summed E-state index contributed by atoms with van der Waals surface area (Å²) in [5, 5.41) is 19.1. The molecule has 0 unspecified atom stereocenters. The average Bonchev–Trinajstić information content (AvgIpc) is 3.01. The minimum atomic E-state index is -0.544. The third kappa shape index (κ3) is 4.96. The van der Waals surface area contributed by atoms with Crippen LogP contribution in [-0.2, 0) is 4.79 Å². The van der Waals surface area contributed by atoms with Crippen molar-refractivity contribution in [3.05, 3.63) is 41.5 Å². The van der Waals surface area contributed by atoms with Crippen LogP contribution in [0, 0.1) is 0 Å². The van der Waals surface area contributed by atoms with Crippen molar-refractivity contribution in [2.75, 3.05) is 41.6 Å². The van der Waals surface area contributed by atoms with Gasteiger partial charge in [-0.3, -0.25) is 15.0 Å². The van der Waals surface area contributed by atoms with Crippen molar-refractivity contribution < 1.29 is 38.8 Å². The summed E-state index contributed by atoms with van der Waals surface area (Å²) in [5.41, 5.74) is 4.09. The number of phenolic OH excluding ortho intramolecular Hbond substituents is 1. The van der Waals surface area contributed by atoms with Gasteiger partial charge in [-0.2, -0.15) is 0 Å². The second-order valence-electron chi connectivity index (χ2n) is 6.91. The largest absolute Gasteiger partial charge is 0.504 e. The smallest absolute Gasteiger partial charge is 0.245 e. The molecule has 0 atom stereocenters. The average molecular weight is 458 g/mol. The SMILES string of the molecule is COc1ccc(C2=CC(=NCCC(=O)NO)COc3c2cc(OC)c(OC)c3OC)cc1O. The number of phenols is 1. The molecule has 3 rings (SSSR count). The number of hydrogen-bond acceptors (Lipinski definition) is 9. The van der Waals surface area contributed by atoms with Gasteiger partial charge in [0.15, 0.2) is 23.0 Å². The zero-order valence-corrected chi connectivity index (χ0v) is 18.8. The Kier molecular flexibility index (Phi) is 7.62. The summed E-state index contributed by atoms with van der Waals surface area (Å²) < 4.78 is 27.8. The quantitative estimate of drug-likeness (QED) is 0.407. The van der Waals surface area contributed by atoms with Gasteiger partial charge in [-0.1, -0.05) is 6.07 Å². The zero-order chi connectivity index (χ0) is 24.0. The van der Waals surface area contributed by atoms with Gasteiger partial charge in [-0.05, 0) is 35.4 Å². The third-order valence-corrected chi connectivity index (χ3v) is 5.02. The lowest BCUT2D eigenvalue weighted by atomic mass is 9.95. The molecular weight excluding hydrogens is 432 g/mol. The summed E-state index contributed by atoms with van der Waals surface area (Å²) in [5.74, 6) is 1.31. The van der Waals surface area contributed by atoms with Crippen LogP contribution in [0.15, 0.2) is 35.3 Å². The van der Waals surface area contributed by atoms with E-state index in [4.69, 9.17) is 28.9 Å². The number of aliphatic imine (C=N–C) groups is 1. The maximum absolute atomic E-state index is 11.3. The van der Waals surface area contributed by atoms with E-state index in [1.807, 2.05) is 0 Å². The predicted molar refractivity (Wildman–Crippen MR) is 120 cm³/mol. The fourth-order valence-corrected chi connectivity index (χ4v) is 3.45. The number of amides is 1. The van der Waals surface area contributed by atoms with Gasteiger partial charge in [0.1, 0.15) is 6.61 Å². The number of aromatic hydroxyl groups is 1. The number of carbonyl (C=O) groups excluding carboxylic acids is 1. The Labute approximate surface area is 191 Å². The second kappa shape index (κ2) is 10.6. The minimum Gasteiger partial charge on any atom is -0.504 e. The summed E-state index contributed by atoms with van der Waals surface area (Å²) >= 11 is 0. The topological polar surface area (TPSA) is 128 Å². The van der Waals surface area contributed by atoms with E-state index in [2.05, 4.69) is 4.99 Å². The molecule has 0 saturated carbocycles. The number of hydroxylamine groups is 1. The highest BCUT2D eigenvalue weighted by molar-refractivity contribution is 6.07. The molecule has 2 aromatic rings. The molecule has 1 aliphatic heterocycles. The van der Waals surface area contributed by atoms with Crippen LogP contribution in [-0.4, -0.2) is 63.5 Å². The lowest BCUT2D eigenvalue weighted by Crippen LogP contribution is -2.19. The number of methoxy groups -OCH3 is 4. The summed E-state index contributed by atoms with van der Waals surface area (Å²) in [6.45, 7) is 0.230. The number of hydrogen-bond donors (Lipinski definition) is 3. The number of nitrogens with zero attached hydrogens (tertiary/aromatic N) is 1. The number of ether oxygens (including phenoxy) is 5. The van der Waals surface area contributed by atoms with Crippen LogP contribution in [0.4, 0.5) is 0 Å². The van der Waals surface area contributed by atoms with Crippen molar-refractivity contribution in [2.45, 2.75) is 6.42 Å². The summed E-state index contributed by atoms with van der Waals surface area (Å²) in [7, 11) is 5.98. The standard InChI is InChI=1S/C23H26N2O8/c1-29-18-6-5-13(9-17(18)26)15-10-14(24-8-7-20(27)25-28)12-33-21-16(15)11-19(30-2)22(31-3)23(21)32-4/h5-6,9-11,26,28H,7-8,12H2,1-4H3,(H,25,27). The first-order valence-corrected chi connectivity index (χ1v) is 9.98. The Hall–Kier alpha value is -3.92. The van der Waals surface area contributed by atoms with E-state index in [1.165, 1.54) is 28.4 Å². The second-order valence-corrected chi connectivity index (χ2v) is 6.91. The highest BCUT2D eigenvalue weighted by atomic mass is 16.5. The Bertz CT molecular complexity index is 1090. The molecule has 0 aliphatic carbocycles. The van der Waals surface area contributed by atoms with Gasteiger partial charge in [-0.15, -0.1) is 0 Å². The van der Waals surface area contributed by atoms with Crippen LogP contribution in [0.3, 0.4) is 0 Å². The summed E-state index contributed by atoms with van der Waals surface area (Å²) in [6, 6.07) is 6.77. The van der Waals surface area contributed by atoms with Crippen LogP contribution in [0.5, 0.6) is 34.5 Å². The molecule has 10 heteroatoms. The van der Waals surface area contributed by atoms with E-state index in [1.54, 1.807) is 35.8 Å². The van der Waals surface area contributed by atoms with Gasteiger partial charge in [-0.25, -0.2) is 5.48 Å². The summed E-state index contributed by atoms with van der Waals surface area (Å²) in [6.07, 6.45) is 1.81. The summed E-state index contributed by atoms with van der Waals surface area (Å²) in [4.78, 5) is 15.8. The number of carbonyl (C=O) groups is 1. The van der Waals surface area contributed by atoms with E-state index < -0.39 is 5.91 Å². The van der Waals surface area contributed by atoms with Crippen molar-refractivity contribution >= 4 is 17.2 Å². The highest BCUT2D eigenvalue weighted by Crippen LogP contribution is 2.50. The van der Waals surface area contributed by atoms with Crippen molar-refractivity contribution in [3.63, 3.8) is 0 Å². The van der Waals surface area contributed by atoms with Gasteiger partial charge in [0.05, 0.1) is 34.2 Å². The first-order valence-electron chi connectivity index (χ1n) is 9.98. The molecule has 0 bridgehead atoms. The van der Waals surface area contributed by atoms with Crippen LogP contribution >= 0.6 is 0 Å². The molecule has 10 nitrogen and oxygen atoms in total. The predicted octanol–water partition coefficient (Wildman–Crippen LogP) is 2.59. The van der Waals surface area contributed by atoms with Crippen molar-refractivity contribution in [1.29, 1.82) is 0 Å². The molecule has 176 valence electrons. The minimum absolute atomic E-state index is 0.00438. The van der Waals surface area contributed by atoms with Crippen LogP contribution in [0.2, 0.25) is 0 Å². The molecule has 1 amide bonds. The van der Waals surface area contributed by atoms with E-state index in [-0.39, 0.29) is 25.3 Å². The zero-order valence-electron chi connectivity index (χ0n) is 18.8. The maximum Gasteiger partial charge on any atom is 0.245 e. The molecule has 1 heterocycles. The van der Waals surface area contributed by atoms with Crippen LogP contribution < -0.4 is 29.2 Å². The van der Waals surface area contributed by atoms with E-state index >= 15 is 0 Å². The molecular formula is C23H26N2O8. The van der Waals surface area contributed by atoms with Crippen molar-refractivity contribution in [1.82, 2.24) is 5.48 Å². The Morgan fingerprint density at radius 2 is 1.79 bits per heavy atom. The molecule has 2 aromatic carbocycles. The molecule has 0 fully saturated rings. The van der Waals surface area contributed by atoms with Crippen molar-refractivity contribution in [2.24, 2.45) is 4.99 Å². The monoisotopic (exact) mass is 458 g/mol. The van der Waals surface area contributed by atoms with E-state index in [9.17, 15) is 9.90 Å². The van der Waals surface area contributed by atoms with Gasteiger partial charge >= 0.3 is 0 Å². The van der Waals surface area contributed by atoms with Gasteiger partial charge in [0, 0.05) is 18.5 Å². The lowest BCUT2D eigenvalue weighted by Gasteiger charge is -2.19. The Morgan fingerprint density at radius 3 is 2.39 bits per heavy atom. The molecule has 0 radical (unpaired) electrons. The van der Waals surface area contributed by atoms with Crippen LogP contribution in [0.1, 0.15) is 17.5 Å². The Balaban J connectivity index is 2.20. The number of rotatable bonds is 8. The molecule has 0 spiro atoms. The van der Waals surface area contributed by atoms with E-state index in [0.717, 1.165) is 0 Å². The number of benzene rings is 2. The lowest BCUT2D eigenvalue weighted by molar-refractivity contribution is -0.128. The van der Waals surface area contributed by atoms with E-state index in [0.29, 0.717) is 51.2 Å².